The molecule has 0 spiro atoms. The number of halogens is 1. The Bertz CT molecular complexity index is 444. The van der Waals surface area contributed by atoms with Crippen molar-refractivity contribution in [3.8, 4) is 0 Å². The Kier molecular flexibility index (Phi) is 2.98. The first kappa shape index (κ1) is 10.1. The summed E-state index contributed by atoms with van der Waals surface area (Å²) in [5, 5.41) is 5.33. The monoisotopic (exact) mass is 241 g/mol. The van der Waals surface area contributed by atoms with Crippen molar-refractivity contribution in [3.63, 3.8) is 0 Å². The molecule has 0 bridgehead atoms. The summed E-state index contributed by atoms with van der Waals surface area (Å²) in [6, 6.07) is 0. The number of thiazole rings is 1. The maximum atomic E-state index is 5.90. The molecule has 0 fully saturated rings. The van der Waals surface area contributed by atoms with Crippen molar-refractivity contribution >= 4 is 34.6 Å². The summed E-state index contributed by atoms with van der Waals surface area (Å²) >= 11 is 7.44. The number of hydrogen-bond acceptors (Lipinski definition) is 6. The van der Waals surface area contributed by atoms with Gasteiger partial charge in [-0.2, -0.15) is 0 Å². The highest BCUT2D eigenvalue weighted by Gasteiger charge is 2.05. The van der Waals surface area contributed by atoms with Crippen molar-refractivity contribution in [1.29, 1.82) is 0 Å². The van der Waals surface area contributed by atoms with E-state index >= 15 is 0 Å². The fourth-order valence-electron chi connectivity index (χ4n) is 1.01. The zero-order valence-corrected chi connectivity index (χ0v) is 9.22. The molecule has 0 aliphatic heterocycles. The van der Waals surface area contributed by atoms with Crippen molar-refractivity contribution in [2.24, 2.45) is 0 Å². The van der Waals surface area contributed by atoms with Crippen LogP contribution in [0.25, 0.3) is 0 Å². The van der Waals surface area contributed by atoms with Crippen molar-refractivity contribution < 1.29 is 0 Å². The van der Waals surface area contributed by atoms with Crippen LogP contribution in [0.2, 0.25) is 5.02 Å². The Hall–Kier alpha value is -1.40. The standard InChI is InChI=1S/C8H8ClN5S/c9-6-7(10)12-3-13-8(6)11-1-5-2-15-4-14-5/h2-4H,1H2,(H3,10,11,12,13). The number of nitrogens with two attached hydrogens (primary N) is 1. The van der Waals surface area contributed by atoms with Gasteiger partial charge in [0.05, 0.1) is 17.7 Å². The SMILES string of the molecule is Nc1ncnc(NCc2cscn2)c1Cl. The van der Waals surface area contributed by atoms with E-state index in [-0.39, 0.29) is 5.82 Å². The first-order valence-electron chi connectivity index (χ1n) is 4.14. The predicted molar refractivity (Wildman–Crippen MR) is 60.9 cm³/mol. The molecule has 78 valence electrons. The molecular weight excluding hydrogens is 234 g/mol. The van der Waals surface area contributed by atoms with Gasteiger partial charge in [0.25, 0.3) is 0 Å². The maximum absolute atomic E-state index is 5.90. The highest BCUT2D eigenvalue weighted by atomic mass is 35.5. The van der Waals surface area contributed by atoms with Crippen LogP contribution in [0.4, 0.5) is 11.6 Å². The van der Waals surface area contributed by atoms with Gasteiger partial charge in [-0.1, -0.05) is 11.6 Å². The van der Waals surface area contributed by atoms with Gasteiger partial charge in [-0.3, -0.25) is 0 Å². The van der Waals surface area contributed by atoms with E-state index in [1.807, 2.05) is 5.38 Å². The maximum Gasteiger partial charge on any atom is 0.150 e. The molecule has 0 aromatic carbocycles. The van der Waals surface area contributed by atoms with Crippen LogP contribution in [-0.2, 0) is 6.54 Å². The van der Waals surface area contributed by atoms with Gasteiger partial charge in [-0.15, -0.1) is 11.3 Å². The van der Waals surface area contributed by atoms with Crippen LogP contribution in [0.5, 0.6) is 0 Å². The van der Waals surface area contributed by atoms with Gasteiger partial charge in [0.1, 0.15) is 17.2 Å². The molecule has 0 radical (unpaired) electrons. The summed E-state index contributed by atoms with van der Waals surface area (Å²) in [4.78, 5) is 11.9. The Balaban J connectivity index is 2.08. The Labute approximate surface area is 95.3 Å². The Morgan fingerprint density at radius 3 is 3.00 bits per heavy atom. The summed E-state index contributed by atoms with van der Waals surface area (Å²) < 4.78 is 0. The van der Waals surface area contributed by atoms with E-state index in [1.165, 1.54) is 6.33 Å². The van der Waals surface area contributed by atoms with Gasteiger partial charge in [0.15, 0.2) is 5.82 Å². The van der Waals surface area contributed by atoms with E-state index in [2.05, 4.69) is 20.3 Å². The smallest absolute Gasteiger partial charge is 0.150 e. The van der Waals surface area contributed by atoms with Gasteiger partial charge in [0, 0.05) is 5.38 Å². The minimum atomic E-state index is 0.271. The minimum absolute atomic E-state index is 0.271. The lowest BCUT2D eigenvalue weighted by atomic mass is 10.4. The summed E-state index contributed by atoms with van der Waals surface area (Å²) in [5.74, 6) is 0.796. The third kappa shape index (κ3) is 2.34. The minimum Gasteiger partial charge on any atom is -0.382 e. The van der Waals surface area contributed by atoms with E-state index < -0.39 is 0 Å². The van der Waals surface area contributed by atoms with Crippen molar-refractivity contribution in [3.05, 3.63) is 27.9 Å². The number of nitrogen functional groups attached to an aromatic ring is 1. The van der Waals surface area contributed by atoms with Crippen LogP contribution < -0.4 is 11.1 Å². The second kappa shape index (κ2) is 4.41. The van der Waals surface area contributed by atoms with Crippen LogP contribution >= 0.6 is 22.9 Å². The number of aromatic nitrogens is 3. The normalized spacial score (nSPS) is 10.2. The van der Waals surface area contributed by atoms with Crippen molar-refractivity contribution in [2.45, 2.75) is 6.54 Å². The van der Waals surface area contributed by atoms with E-state index in [1.54, 1.807) is 16.8 Å². The summed E-state index contributed by atoms with van der Waals surface area (Å²) in [7, 11) is 0. The molecule has 0 amide bonds. The molecule has 0 aliphatic rings. The van der Waals surface area contributed by atoms with Gasteiger partial charge in [-0.05, 0) is 0 Å². The summed E-state index contributed by atoms with van der Waals surface area (Å²) in [6.45, 7) is 0.569. The molecule has 7 heteroatoms. The number of anilines is 2. The van der Waals surface area contributed by atoms with Gasteiger partial charge in [-0.25, -0.2) is 15.0 Å². The van der Waals surface area contributed by atoms with Crippen LogP contribution in [0.1, 0.15) is 5.69 Å². The zero-order valence-electron chi connectivity index (χ0n) is 7.64. The molecule has 2 rings (SSSR count). The molecule has 3 N–H and O–H groups in total. The van der Waals surface area contributed by atoms with Crippen LogP contribution in [0, 0.1) is 0 Å². The van der Waals surface area contributed by atoms with E-state index in [9.17, 15) is 0 Å². The number of hydrogen-bond donors (Lipinski definition) is 2. The molecule has 15 heavy (non-hydrogen) atoms. The second-order valence-electron chi connectivity index (χ2n) is 2.75. The van der Waals surface area contributed by atoms with Gasteiger partial charge >= 0.3 is 0 Å². The highest BCUT2D eigenvalue weighted by Crippen LogP contribution is 2.23. The topological polar surface area (TPSA) is 76.7 Å². The predicted octanol–water partition coefficient (Wildman–Crippen LogP) is 1.78. The fraction of sp³-hybridized carbons (Fsp3) is 0.125. The second-order valence-corrected chi connectivity index (χ2v) is 3.85. The van der Waals surface area contributed by atoms with Crippen LogP contribution in [0.3, 0.4) is 0 Å². The van der Waals surface area contributed by atoms with Crippen molar-refractivity contribution in [2.75, 3.05) is 11.1 Å². The third-order valence-electron chi connectivity index (χ3n) is 1.74. The zero-order chi connectivity index (χ0) is 10.7. The fourth-order valence-corrected chi connectivity index (χ4v) is 1.73. The molecule has 0 aliphatic carbocycles. The number of rotatable bonds is 3. The van der Waals surface area contributed by atoms with Gasteiger partial charge in [0.2, 0.25) is 0 Å². The van der Waals surface area contributed by atoms with E-state index in [4.69, 9.17) is 17.3 Å². The highest BCUT2D eigenvalue weighted by molar-refractivity contribution is 7.07. The Morgan fingerprint density at radius 1 is 1.40 bits per heavy atom. The van der Waals surface area contributed by atoms with E-state index in [0.717, 1.165) is 5.69 Å². The first-order chi connectivity index (χ1) is 7.27. The molecule has 0 atom stereocenters. The third-order valence-corrected chi connectivity index (χ3v) is 2.74. The lowest BCUT2D eigenvalue weighted by Gasteiger charge is -2.05. The molecule has 5 nitrogen and oxygen atoms in total. The summed E-state index contributed by atoms with van der Waals surface area (Å²) in [5.41, 5.74) is 8.24. The number of nitrogens with one attached hydrogen (secondary N) is 1. The average Bonchev–Trinajstić information content (AvgIpc) is 2.73. The Morgan fingerprint density at radius 2 is 2.27 bits per heavy atom. The molecule has 2 aromatic rings. The summed E-state index contributed by atoms with van der Waals surface area (Å²) in [6.07, 6.45) is 1.37. The lowest BCUT2D eigenvalue weighted by Crippen LogP contribution is -2.04. The molecule has 0 saturated heterocycles. The molecule has 2 heterocycles. The average molecular weight is 242 g/mol. The van der Waals surface area contributed by atoms with Crippen LogP contribution in [-0.4, -0.2) is 15.0 Å². The quantitative estimate of drug-likeness (QED) is 0.857. The molecular formula is C8H8ClN5S. The van der Waals surface area contributed by atoms with Crippen LogP contribution in [0.15, 0.2) is 17.2 Å². The molecule has 0 saturated carbocycles. The molecule has 2 aromatic heterocycles. The molecule has 0 unspecified atom stereocenters. The van der Waals surface area contributed by atoms with E-state index in [0.29, 0.717) is 17.4 Å². The van der Waals surface area contributed by atoms with Gasteiger partial charge < -0.3 is 11.1 Å². The number of nitrogens with zero attached hydrogens (tertiary/aromatic N) is 3. The first-order valence-corrected chi connectivity index (χ1v) is 5.46. The van der Waals surface area contributed by atoms with Crippen molar-refractivity contribution in [1.82, 2.24) is 15.0 Å². The largest absolute Gasteiger partial charge is 0.382 e. The lowest BCUT2D eigenvalue weighted by molar-refractivity contribution is 1.04.